The molecule has 1 rings (SSSR count). The zero-order valence-corrected chi connectivity index (χ0v) is 7.75. The Balaban J connectivity index is 2.94. The summed E-state index contributed by atoms with van der Waals surface area (Å²) in [4.78, 5) is 10.6. The summed E-state index contributed by atoms with van der Waals surface area (Å²) >= 11 is 0. The van der Waals surface area contributed by atoms with Crippen LogP contribution in [-0.4, -0.2) is 24.4 Å². The minimum Gasteiger partial charge on any atom is -0.478 e. The van der Waals surface area contributed by atoms with Crippen molar-refractivity contribution in [1.82, 2.24) is 0 Å². The van der Waals surface area contributed by atoms with E-state index in [-0.39, 0.29) is 16.2 Å². The molecule has 0 aliphatic carbocycles. The molecule has 0 amide bonds. The van der Waals surface area contributed by atoms with Gasteiger partial charge in [0.05, 0.1) is 5.56 Å². The molecule has 0 bridgehead atoms. The zero-order valence-electron chi connectivity index (χ0n) is 7.75. The number of halogens is 3. The number of carboxylic acids is 1. The molecule has 0 unspecified atom stereocenters. The summed E-state index contributed by atoms with van der Waals surface area (Å²) in [6.45, 7) is 0. The number of carbonyl (C=O) groups is 1. The molecule has 0 saturated carbocycles. The SMILES string of the molecule is CN(c1ccc(C(=O)O)cc1)C(F)(F)F. The van der Waals surface area contributed by atoms with E-state index in [1.54, 1.807) is 0 Å². The second kappa shape index (κ2) is 3.80. The Morgan fingerprint density at radius 2 is 1.73 bits per heavy atom. The van der Waals surface area contributed by atoms with Crippen LogP contribution in [0.2, 0.25) is 0 Å². The number of alkyl halides is 3. The van der Waals surface area contributed by atoms with Crippen LogP contribution in [0.5, 0.6) is 0 Å². The van der Waals surface area contributed by atoms with Gasteiger partial charge in [-0.05, 0) is 24.3 Å². The van der Waals surface area contributed by atoms with Crippen molar-refractivity contribution in [2.24, 2.45) is 0 Å². The Bertz CT molecular complexity index is 359. The van der Waals surface area contributed by atoms with Gasteiger partial charge in [-0.25, -0.2) is 4.79 Å². The van der Waals surface area contributed by atoms with E-state index < -0.39 is 12.3 Å². The van der Waals surface area contributed by atoms with Gasteiger partial charge in [-0.15, -0.1) is 0 Å². The summed E-state index contributed by atoms with van der Waals surface area (Å²) in [7, 11) is 0.871. The third-order valence-electron chi connectivity index (χ3n) is 1.88. The number of carboxylic acid groups (broad SMARTS) is 1. The number of hydrogen-bond acceptors (Lipinski definition) is 2. The second-order valence-electron chi connectivity index (χ2n) is 2.88. The normalized spacial score (nSPS) is 11.2. The van der Waals surface area contributed by atoms with Crippen LogP contribution >= 0.6 is 0 Å². The molecule has 0 atom stereocenters. The topological polar surface area (TPSA) is 40.5 Å². The van der Waals surface area contributed by atoms with Gasteiger partial charge in [0.25, 0.3) is 0 Å². The quantitative estimate of drug-likeness (QED) is 0.776. The molecule has 3 nitrogen and oxygen atoms in total. The van der Waals surface area contributed by atoms with Gasteiger partial charge < -0.3 is 5.11 Å². The summed E-state index contributed by atoms with van der Waals surface area (Å²) in [5.74, 6) is -1.17. The minimum atomic E-state index is -4.47. The van der Waals surface area contributed by atoms with Crippen LogP contribution in [0.1, 0.15) is 10.4 Å². The largest absolute Gasteiger partial charge is 0.484 e. The molecule has 82 valence electrons. The molecule has 0 fully saturated rings. The van der Waals surface area contributed by atoms with E-state index in [0.29, 0.717) is 0 Å². The lowest BCUT2D eigenvalue weighted by molar-refractivity contribution is -0.125. The molecule has 1 aromatic rings. The van der Waals surface area contributed by atoms with E-state index in [1.807, 2.05) is 0 Å². The van der Waals surface area contributed by atoms with Crippen LogP contribution in [0.25, 0.3) is 0 Å². The molecule has 0 aromatic heterocycles. The highest BCUT2D eigenvalue weighted by Crippen LogP contribution is 2.26. The average Bonchev–Trinajstić information content (AvgIpc) is 2.15. The molecule has 15 heavy (non-hydrogen) atoms. The lowest BCUT2D eigenvalue weighted by atomic mass is 10.2. The van der Waals surface area contributed by atoms with Crippen LogP contribution in [0.3, 0.4) is 0 Å². The van der Waals surface area contributed by atoms with Gasteiger partial charge in [-0.3, -0.25) is 4.90 Å². The summed E-state index contributed by atoms with van der Waals surface area (Å²) in [6.07, 6.45) is -4.47. The van der Waals surface area contributed by atoms with Crippen molar-refractivity contribution >= 4 is 11.7 Å². The van der Waals surface area contributed by atoms with Crippen molar-refractivity contribution in [3.8, 4) is 0 Å². The molecule has 0 aliphatic rings. The highest BCUT2D eigenvalue weighted by atomic mass is 19.4. The lowest BCUT2D eigenvalue weighted by Gasteiger charge is -2.21. The Morgan fingerprint density at radius 1 is 1.27 bits per heavy atom. The Kier molecular flexibility index (Phi) is 2.88. The fraction of sp³-hybridized carbons (Fsp3) is 0.222. The molecule has 0 radical (unpaired) electrons. The molecule has 1 aromatic carbocycles. The maximum absolute atomic E-state index is 12.2. The number of nitrogens with zero attached hydrogens (tertiary/aromatic N) is 1. The smallest absolute Gasteiger partial charge is 0.478 e. The van der Waals surface area contributed by atoms with Crippen LogP contribution in [0.15, 0.2) is 24.3 Å². The van der Waals surface area contributed by atoms with Crippen molar-refractivity contribution in [2.45, 2.75) is 6.30 Å². The predicted octanol–water partition coefficient (Wildman–Crippen LogP) is 2.34. The van der Waals surface area contributed by atoms with Crippen LogP contribution < -0.4 is 4.90 Å². The third-order valence-corrected chi connectivity index (χ3v) is 1.88. The molecule has 6 heteroatoms. The summed E-state index contributed by atoms with van der Waals surface area (Å²) in [6, 6.07) is 4.47. The summed E-state index contributed by atoms with van der Waals surface area (Å²) in [5.41, 5.74) is -0.151. The molecule has 1 N–H and O–H groups in total. The molecule has 0 heterocycles. The van der Waals surface area contributed by atoms with E-state index in [2.05, 4.69) is 0 Å². The average molecular weight is 219 g/mol. The first-order valence-electron chi connectivity index (χ1n) is 3.96. The van der Waals surface area contributed by atoms with Gasteiger partial charge in [-0.1, -0.05) is 0 Å². The van der Waals surface area contributed by atoms with Crippen molar-refractivity contribution in [3.05, 3.63) is 29.8 Å². The van der Waals surface area contributed by atoms with Crippen LogP contribution in [-0.2, 0) is 0 Å². The molecular weight excluding hydrogens is 211 g/mol. The maximum atomic E-state index is 12.2. The summed E-state index contributed by atoms with van der Waals surface area (Å²) < 4.78 is 36.6. The first-order chi connectivity index (χ1) is 6.82. The minimum absolute atomic E-state index is 0.0469. The van der Waals surface area contributed by atoms with Gasteiger partial charge in [0.2, 0.25) is 0 Å². The van der Waals surface area contributed by atoms with Gasteiger partial charge in [0, 0.05) is 12.7 Å². The van der Waals surface area contributed by atoms with Crippen molar-refractivity contribution in [1.29, 1.82) is 0 Å². The second-order valence-corrected chi connectivity index (χ2v) is 2.88. The highest BCUT2D eigenvalue weighted by molar-refractivity contribution is 5.88. The molecule has 0 saturated heterocycles. The first kappa shape index (κ1) is 11.4. The molecular formula is C9H8F3NO2. The number of anilines is 1. The molecule has 0 aliphatic heterocycles. The van der Waals surface area contributed by atoms with E-state index in [1.165, 1.54) is 0 Å². The number of hydrogen-bond donors (Lipinski definition) is 1. The van der Waals surface area contributed by atoms with Crippen molar-refractivity contribution < 1.29 is 23.1 Å². The van der Waals surface area contributed by atoms with Gasteiger partial charge >= 0.3 is 12.3 Å². The lowest BCUT2D eigenvalue weighted by Crippen LogP contribution is -2.33. The number of rotatable bonds is 2. The fourth-order valence-corrected chi connectivity index (χ4v) is 0.974. The Hall–Kier alpha value is -1.72. The van der Waals surface area contributed by atoms with Gasteiger partial charge in [0.1, 0.15) is 0 Å². The van der Waals surface area contributed by atoms with Crippen molar-refractivity contribution in [3.63, 3.8) is 0 Å². The van der Waals surface area contributed by atoms with Gasteiger partial charge in [-0.2, -0.15) is 13.2 Å². The molecule has 0 spiro atoms. The van der Waals surface area contributed by atoms with E-state index in [0.717, 1.165) is 31.3 Å². The van der Waals surface area contributed by atoms with Crippen LogP contribution in [0.4, 0.5) is 18.9 Å². The van der Waals surface area contributed by atoms with E-state index >= 15 is 0 Å². The number of aromatic carboxylic acids is 1. The van der Waals surface area contributed by atoms with Crippen LogP contribution in [0, 0.1) is 0 Å². The zero-order chi connectivity index (χ0) is 11.6. The van der Waals surface area contributed by atoms with Gasteiger partial charge in [0.15, 0.2) is 0 Å². The monoisotopic (exact) mass is 219 g/mol. The number of benzene rings is 1. The predicted molar refractivity (Wildman–Crippen MR) is 47.9 cm³/mol. The maximum Gasteiger partial charge on any atom is 0.484 e. The standard InChI is InChI=1S/C9H8F3NO2/c1-13(9(10,11)12)7-4-2-6(3-5-7)8(14)15/h2-5H,1H3,(H,14,15). The first-order valence-corrected chi connectivity index (χ1v) is 3.96. The Labute approximate surface area is 83.7 Å². The fourth-order valence-electron chi connectivity index (χ4n) is 0.974. The highest BCUT2D eigenvalue weighted by Gasteiger charge is 2.34. The third kappa shape index (κ3) is 2.61. The van der Waals surface area contributed by atoms with Crippen molar-refractivity contribution in [2.75, 3.05) is 11.9 Å². The van der Waals surface area contributed by atoms with E-state index in [9.17, 15) is 18.0 Å². The Morgan fingerprint density at radius 3 is 2.07 bits per heavy atom. The van der Waals surface area contributed by atoms with E-state index in [4.69, 9.17) is 5.11 Å². The summed E-state index contributed by atoms with van der Waals surface area (Å²) in [5, 5.41) is 8.54.